The molecule has 0 bridgehead atoms. The topological polar surface area (TPSA) is 35.8 Å². The lowest BCUT2D eigenvalue weighted by atomic mass is 9.97. The zero-order valence-electron chi connectivity index (χ0n) is 10.0. The van der Waals surface area contributed by atoms with Crippen LogP contribution in [0.25, 0.3) is 0 Å². The van der Waals surface area contributed by atoms with Gasteiger partial charge in [0, 0.05) is 5.71 Å². The molecule has 0 aliphatic carbocycles. The highest BCUT2D eigenvalue weighted by Gasteiger charge is 2.41. The average Bonchev–Trinajstić information content (AvgIpc) is 2.52. The Kier molecular flexibility index (Phi) is 2.82. The van der Waals surface area contributed by atoms with E-state index in [1.807, 2.05) is 44.2 Å². The molecule has 86 valence electrons. The average molecular weight is 218 g/mol. The zero-order valence-corrected chi connectivity index (χ0v) is 10.0. The number of hydrogen-bond acceptors (Lipinski definition) is 3. The summed E-state index contributed by atoms with van der Waals surface area (Å²) >= 11 is 0. The van der Waals surface area contributed by atoms with Gasteiger partial charge in [-0.2, -0.15) is 5.06 Å². The minimum atomic E-state index is -0.366. The van der Waals surface area contributed by atoms with Gasteiger partial charge >= 0.3 is 0 Å². The third-order valence-electron chi connectivity index (χ3n) is 3.22. The lowest BCUT2D eigenvalue weighted by Gasteiger charge is -2.30. The van der Waals surface area contributed by atoms with Crippen molar-refractivity contribution in [3.63, 3.8) is 0 Å². The number of aliphatic imine (C=N–C) groups is 1. The van der Waals surface area contributed by atoms with Crippen LogP contribution in [0.5, 0.6) is 0 Å². The van der Waals surface area contributed by atoms with E-state index in [4.69, 9.17) is 0 Å². The molecule has 0 unspecified atom stereocenters. The van der Waals surface area contributed by atoms with Gasteiger partial charge < -0.3 is 5.21 Å². The van der Waals surface area contributed by atoms with Crippen molar-refractivity contribution in [3.8, 4) is 0 Å². The first kappa shape index (κ1) is 11.3. The molecule has 1 N–H and O–H groups in total. The van der Waals surface area contributed by atoms with Gasteiger partial charge in [-0.1, -0.05) is 37.3 Å². The molecule has 1 aromatic rings. The highest BCUT2D eigenvalue weighted by atomic mass is 16.5. The molecule has 0 radical (unpaired) electrons. The smallest absolute Gasteiger partial charge is 0.151 e. The van der Waals surface area contributed by atoms with E-state index in [9.17, 15) is 5.21 Å². The van der Waals surface area contributed by atoms with Gasteiger partial charge in [0.1, 0.15) is 0 Å². The number of rotatable bonds is 2. The summed E-state index contributed by atoms with van der Waals surface area (Å²) in [6.07, 6.45) is 0.610. The first-order chi connectivity index (χ1) is 7.57. The van der Waals surface area contributed by atoms with Crippen molar-refractivity contribution in [1.82, 2.24) is 5.06 Å². The largest absolute Gasteiger partial charge is 0.311 e. The zero-order chi connectivity index (χ0) is 11.8. The minimum absolute atomic E-state index is 0.258. The number of hydroxylamine groups is 2. The number of benzene rings is 1. The SMILES string of the molecule is CCC1=N[C@@H](c2ccccc2)N(O)C1(C)C. The molecule has 1 aliphatic rings. The van der Waals surface area contributed by atoms with Gasteiger partial charge in [-0.05, 0) is 25.8 Å². The van der Waals surface area contributed by atoms with Crippen LogP contribution in [0, 0.1) is 0 Å². The maximum absolute atomic E-state index is 10.2. The fraction of sp³-hybridized carbons (Fsp3) is 0.462. The highest BCUT2D eigenvalue weighted by molar-refractivity contribution is 5.94. The molecule has 0 saturated heterocycles. The quantitative estimate of drug-likeness (QED) is 0.828. The van der Waals surface area contributed by atoms with Gasteiger partial charge in [0.15, 0.2) is 6.17 Å². The Morgan fingerprint density at radius 2 is 1.94 bits per heavy atom. The van der Waals surface area contributed by atoms with Crippen LogP contribution in [0.3, 0.4) is 0 Å². The lowest BCUT2D eigenvalue weighted by Crippen LogP contribution is -2.43. The summed E-state index contributed by atoms with van der Waals surface area (Å²) < 4.78 is 0. The number of hydrogen-bond donors (Lipinski definition) is 1. The Morgan fingerprint density at radius 1 is 1.31 bits per heavy atom. The van der Waals surface area contributed by atoms with Gasteiger partial charge in [0.2, 0.25) is 0 Å². The van der Waals surface area contributed by atoms with E-state index in [-0.39, 0.29) is 11.7 Å². The second kappa shape index (κ2) is 4.00. The molecule has 1 heterocycles. The minimum Gasteiger partial charge on any atom is -0.311 e. The Bertz CT molecular complexity index is 398. The molecule has 3 nitrogen and oxygen atoms in total. The van der Waals surface area contributed by atoms with Gasteiger partial charge in [-0.3, -0.25) is 4.99 Å². The second-order valence-electron chi connectivity index (χ2n) is 4.62. The van der Waals surface area contributed by atoms with Gasteiger partial charge in [-0.15, -0.1) is 0 Å². The molecule has 1 aliphatic heterocycles. The van der Waals surface area contributed by atoms with Gasteiger partial charge in [0.25, 0.3) is 0 Å². The van der Waals surface area contributed by atoms with Crippen LogP contribution in [-0.4, -0.2) is 21.5 Å². The van der Waals surface area contributed by atoms with Crippen molar-refractivity contribution in [3.05, 3.63) is 35.9 Å². The summed E-state index contributed by atoms with van der Waals surface area (Å²) in [5.74, 6) is 0. The summed E-state index contributed by atoms with van der Waals surface area (Å²) in [7, 11) is 0. The summed E-state index contributed by atoms with van der Waals surface area (Å²) in [6.45, 7) is 6.07. The predicted molar refractivity (Wildman–Crippen MR) is 64.6 cm³/mol. The first-order valence-corrected chi connectivity index (χ1v) is 5.67. The fourth-order valence-corrected chi connectivity index (χ4v) is 2.16. The van der Waals surface area contributed by atoms with Crippen LogP contribution in [0.4, 0.5) is 0 Å². The normalized spacial score (nSPS) is 24.5. The molecule has 0 spiro atoms. The van der Waals surface area contributed by atoms with Gasteiger partial charge in [0.05, 0.1) is 5.54 Å². The highest BCUT2D eigenvalue weighted by Crippen LogP contribution is 2.35. The Hall–Kier alpha value is -1.19. The predicted octanol–water partition coefficient (Wildman–Crippen LogP) is 3.02. The molecule has 1 atom stereocenters. The number of nitrogens with zero attached hydrogens (tertiary/aromatic N) is 2. The molecule has 2 rings (SSSR count). The molecule has 0 fully saturated rings. The van der Waals surface area contributed by atoms with Crippen LogP contribution in [0.1, 0.15) is 38.9 Å². The van der Waals surface area contributed by atoms with E-state index >= 15 is 0 Å². The Labute approximate surface area is 96.4 Å². The lowest BCUT2D eigenvalue weighted by molar-refractivity contribution is -0.159. The van der Waals surface area contributed by atoms with E-state index in [0.29, 0.717) is 0 Å². The molecule has 0 aromatic heterocycles. The van der Waals surface area contributed by atoms with E-state index in [0.717, 1.165) is 17.7 Å². The molecule has 1 aromatic carbocycles. The van der Waals surface area contributed by atoms with E-state index < -0.39 is 0 Å². The van der Waals surface area contributed by atoms with Crippen LogP contribution >= 0.6 is 0 Å². The van der Waals surface area contributed by atoms with Crippen LogP contribution in [0.2, 0.25) is 0 Å². The summed E-state index contributed by atoms with van der Waals surface area (Å²) in [5, 5.41) is 11.5. The summed E-state index contributed by atoms with van der Waals surface area (Å²) in [5.41, 5.74) is 1.71. The standard InChI is InChI=1S/C13H18N2O/c1-4-11-13(2,3)15(16)12(14-11)10-8-6-5-7-9-10/h5-9,12,16H,4H2,1-3H3/t12-/m1/s1. The van der Waals surface area contributed by atoms with Crippen molar-refractivity contribution in [2.45, 2.75) is 38.9 Å². The Balaban J connectivity index is 2.36. The van der Waals surface area contributed by atoms with E-state index in [2.05, 4.69) is 11.9 Å². The maximum atomic E-state index is 10.2. The summed E-state index contributed by atoms with van der Waals surface area (Å²) in [6, 6.07) is 9.89. The van der Waals surface area contributed by atoms with Crippen molar-refractivity contribution >= 4 is 5.71 Å². The van der Waals surface area contributed by atoms with Crippen LogP contribution in [-0.2, 0) is 0 Å². The third-order valence-corrected chi connectivity index (χ3v) is 3.22. The van der Waals surface area contributed by atoms with Crippen molar-refractivity contribution in [2.24, 2.45) is 4.99 Å². The van der Waals surface area contributed by atoms with Crippen molar-refractivity contribution < 1.29 is 5.21 Å². The second-order valence-corrected chi connectivity index (χ2v) is 4.62. The van der Waals surface area contributed by atoms with Crippen molar-refractivity contribution in [2.75, 3.05) is 0 Å². The molecular formula is C13H18N2O. The molecule has 3 heteroatoms. The molecule has 0 saturated carbocycles. The van der Waals surface area contributed by atoms with E-state index in [1.165, 1.54) is 5.06 Å². The monoisotopic (exact) mass is 218 g/mol. The van der Waals surface area contributed by atoms with Gasteiger partial charge in [-0.25, -0.2) is 0 Å². The summed E-state index contributed by atoms with van der Waals surface area (Å²) in [4.78, 5) is 4.60. The maximum Gasteiger partial charge on any atom is 0.151 e. The molecular weight excluding hydrogens is 200 g/mol. The Morgan fingerprint density at radius 3 is 2.44 bits per heavy atom. The van der Waals surface area contributed by atoms with Crippen LogP contribution < -0.4 is 0 Å². The molecule has 0 amide bonds. The van der Waals surface area contributed by atoms with E-state index in [1.54, 1.807) is 0 Å². The third kappa shape index (κ3) is 1.66. The first-order valence-electron chi connectivity index (χ1n) is 5.67. The van der Waals surface area contributed by atoms with Crippen molar-refractivity contribution in [1.29, 1.82) is 0 Å². The van der Waals surface area contributed by atoms with Crippen LogP contribution in [0.15, 0.2) is 35.3 Å². The molecule has 16 heavy (non-hydrogen) atoms. The fourth-order valence-electron chi connectivity index (χ4n) is 2.16.